The molecule has 3 heteroatoms. The summed E-state index contributed by atoms with van der Waals surface area (Å²) in [5, 5.41) is 8.62. The molecule has 0 fully saturated rings. The van der Waals surface area contributed by atoms with Gasteiger partial charge in [-0.15, -0.1) is 0 Å². The Morgan fingerprint density at radius 1 is 1.50 bits per heavy atom. The molecule has 0 heterocycles. The predicted octanol–water partition coefficient (Wildman–Crippen LogP) is 2.61. The Balaban J connectivity index is 3.69. The average Bonchev–Trinajstić information content (AvgIpc) is 2.12. The second-order valence-corrected chi connectivity index (χ2v) is 3.44. The van der Waals surface area contributed by atoms with Gasteiger partial charge in [-0.1, -0.05) is 19.8 Å². The number of unbranched alkanes of at least 4 members (excludes halogenated alkanes) is 2. The minimum atomic E-state index is -0.881. The van der Waals surface area contributed by atoms with Gasteiger partial charge in [0.1, 0.15) is 0 Å². The monoisotopic (exact) mass is 200 g/mol. The Hall–Kier alpha value is -0.830. The van der Waals surface area contributed by atoms with Crippen LogP contribution in [0.15, 0.2) is 11.6 Å². The summed E-state index contributed by atoms with van der Waals surface area (Å²) in [7, 11) is 0. The lowest BCUT2D eigenvalue weighted by Crippen LogP contribution is -2.09. The first-order valence-corrected chi connectivity index (χ1v) is 5.11. The van der Waals surface area contributed by atoms with Gasteiger partial charge in [0.25, 0.3) is 0 Å². The van der Waals surface area contributed by atoms with Crippen LogP contribution in [0.2, 0.25) is 0 Å². The van der Waals surface area contributed by atoms with Crippen LogP contribution in [-0.4, -0.2) is 23.8 Å². The van der Waals surface area contributed by atoms with Crippen molar-refractivity contribution < 1.29 is 14.6 Å². The van der Waals surface area contributed by atoms with E-state index in [1.807, 2.05) is 6.92 Å². The molecule has 0 bridgehead atoms. The smallest absolute Gasteiger partial charge is 0.331 e. The molecule has 1 unspecified atom stereocenters. The maximum Gasteiger partial charge on any atom is 0.331 e. The van der Waals surface area contributed by atoms with Gasteiger partial charge in [0.05, 0.1) is 6.10 Å². The fourth-order valence-corrected chi connectivity index (χ4v) is 1.09. The van der Waals surface area contributed by atoms with Crippen molar-refractivity contribution in [1.29, 1.82) is 0 Å². The van der Waals surface area contributed by atoms with Gasteiger partial charge in [-0.2, -0.15) is 0 Å². The van der Waals surface area contributed by atoms with Gasteiger partial charge in [0, 0.05) is 12.2 Å². The molecular formula is C11H20O3. The molecular weight excluding hydrogens is 180 g/mol. The van der Waals surface area contributed by atoms with Crippen LogP contribution in [0, 0.1) is 0 Å². The molecule has 0 aromatic rings. The van der Waals surface area contributed by atoms with E-state index >= 15 is 0 Å². The number of ether oxygens (including phenoxy) is 1. The van der Waals surface area contributed by atoms with Gasteiger partial charge in [-0.05, 0) is 26.3 Å². The summed E-state index contributed by atoms with van der Waals surface area (Å²) >= 11 is 0. The van der Waals surface area contributed by atoms with Gasteiger partial charge < -0.3 is 9.84 Å². The largest absolute Gasteiger partial charge is 0.478 e. The van der Waals surface area contributed by atoms with Crippen molar-refractivity contribution in [1.82, 2.24) is 0 Å². The highest BCUT2D eigenvalue weighted by molar-refractivity contribution is 5.85. The lowest BCUT2D eigenvalue weighted by atomic mass is 10.2. The Morgan fingerprint density at radius 3 is 2.64 bits per heavy atom. The molecule has 0 aliphatic carbocycles. The highest BCUT2D eigenvalue weighted by Crippen LogP contribution is 2.02. The van der Waals surface area contributed by atoms with Crippen molar-refractivity contribution >= 4 is 5.97 Å². The second kappa shape index (κ2) is 7.56. The minimum absolute atomic E-state index is 0.108. The lowest BCUT2D eigenvalue weighted by Gasteiger charge is -2.08. The summed E-state index contributed by atoms with van der Waals surface area (Å²) in [6.07, 6.45) is 4.90. The Morgan fingerprint density at radius 2 is 2.14 bits per heavy atom. The fraction of sp³-hybridized carbons (Fsp3) is 0.727. The predicted molar refractivity (Wildman–Crippen MR) is 56.3 cm³/mol. The van der Waals surface area contributed by atoms with E-state index in [1.165, 1.54) is 6.42 Å². The highest BCUT2D eigenvalue weighted by Gasteiger charge is 2.03. The number of carbonyl (C=O) groups is 1. The van der Waals surface area contributed by atoms with Crippen LogP contribution < -0.4 is 0 Å². The third-order valence-corrected chi connectivity index (χ3v) is 1.95. The SMILES string of the molecule is CCCCCOC(C)C=C(C)C(=O)O. The van der Waals surface area contributed by atoms with Gasteiger partial charge in [0.15, 0.2) is 0 Å². The lowest BCUT2D eigenvalue weighted by molar-refractivity contribution is -0.132. The van der Waals surface area contributed by atoms with E-state index < -0.39 is 5.97 Å². The summed E-state index contributed by atoms with van der Waals surface area (Å²) in [5.41, 5.74) is 0.341. The molecule has 0 saturated heterocycles. The normalized spacial score (nSPS) is 14.1. The number of rotatable bonds is 7. The Bertz CT molecular complexity index is 197. The fourth-order valence-electron chi connectivity index (χ4n) is 1.09. The molecule has 0 aliphatic heterocycles. The van der Waals surface area contributed by atoms with E-state index in [0.29, 0.717) is 12.2 Å². The molecule has 0 aromatic carbocycles. The maximum absolute atomic E-state index is 10.5. The van der Waals surface area contributed by atoms with Crippen molar-refractivity contribution in [2.75, 3.05) is 6.61 Å². The molecule has 1 N–H and O–H groups in total. The summed E-state index contributed by atoms with van der Waals surface area (Å²) in [6, 6.07) is 0. The second-order valence-electron chi connectivity index (χ2n) is 3.44. The molecule has 0 aliphatic rings. The van der Waals surface area contributed by atoms with Crippen LogP contribution in [0.4, 0.5) is 0 Å². The van der Waals surface area contributed by atoms with Crippen molar-refractivity contribution in [3.05, 3.63) is 11.6 Å². The standard InChI is InChI=1S/C11H20O3/c1-4-5-6-7-14-10(3)8-9(2)11(12)13/h8,10H,4-7H2,1-3H3,(H,12,13). The molecule has 82 valence electrons. The van der Waals surface area contributed by atoms with Gasteiger partial charge in [-0.3, -0.25) is 0 Å². The van der Waals surface area contributed by atoms with E-state index in [0.717, 1.165) is 12.8 Å². The van der Waals surface area contributed by atoms with Crippen LogP contribution in [0.5, 0.6) is 0 Å². The van der Waals surface area contributed by atoms with Crippen molar-refractivity contribution in [3.63, 3.8) is 0 Å². The average molecular weight is 200 g/mol. The molecule has 0 radical (unpaired) electrons. The molecule has 3 nitrogen and oxygen atoms in total. The number of hydrogen-bond donors (Lipinski definition) is 1. The summed E-state index contributed by atoms with van der Waals surface area (Å²) in [6.45, 7) is 6.28. The van der Waals surface area contributed by atoms with Gasteiger partial charge >= 0.3 is 5.97 Å². The molecule has 14 heavy (non-hydrogen) atoms. The number of carboxylic acids is 1. The summed E-state index contributed by atoms with van der Waals surface area (Å²) in [5.74, 6) is -0.881. The number of hydrogen-bond acceptors (Lipinski definition) is 2. The van der Waals surface area contributed by atoms with Crippen molar-refractivity contribution in [2.45, 2.75) is 46.1 Å². The quantitative estimate of drug-likeness (QED) is 0.507. The van der Waals surface area contributed by atoms with E-state index in [9.17, 15) is 4.79 Å². The minimum Gasteiger partial charge on any atom is -0.478 e. The molecule has 0 saturated carbocycles. The molecule has 0 spiro atoms. The first-order chi connectivity index (χ1) is 6.57. The van der Waals surface area contributed by atoms with E-state index in [-0.39, 0.29) is 6.10 Å². The molecule has 0 amide bonds. The Kier molecular flexibility index (Phi) is 7.11. The highest BCUT2D eigenvalue weighted by atomic mass is 16.5. The third kappa shape index (κ3) is 6.66. The zero-order valence-electron chi connectivity index (χ0n) is 9.25. The van der Waals surface area contributed by atoms with E-state index in [1.54, 1.807) is 13.0 Å². The number of aliphatic carboxylic acids is 1. The van der Waals surface area contributed by atoms with Crippen LogP contribution in [-0.2, 0) is 9.53 Å². The van der Waals surface area contributed by atoms with E-state index in [2.05, 4.69) is 6.92 Å². The van der Waals surface area contributed by atoms with Gasteiger partial charge in [-0.25, -0.2) is 4.79 Å². The first kappa shape index (κ1) is 13.2. The zero-order valence-corrected chi connectivity index (χ0v) is 9.25. The first-order valence-electron chi connectivity index (χ1n) is 5.11. The maximum atomic E-state index is 10.5. The van der Waals surface area contributed by atoms with Crippen LogP contribution >= 0.6 is 0 Å². The van der Waals surface area contributed by atoms with Crippen LogP contribution in [0.25, 0.3) is 0 Å². The van der Waals surface area contributed by atoms with Gasteiger partial charge in [0.2, 0.25) is 0 Å². The zero-order chi connectivity index (χ0) is 11.0. The van der Waals surface area contributed by atoms with E-state index in [4.69, 9.17) is 9.84 Å². The number of carboxylic acid groups (broad SMARTS) is 1. The molecule has 0 rings (SSSR count). The topological polar surface area (TPSA) is 46.5 Å². The molecule has 0 aromatic heterocycles. The summed E-state index contributed by atoms with van der Waals surface area (Å²) in [4.78, 5) is 10.5. The molecule has 1 atom stereocenters. The summed E-state index contributed by atoms with van der Waals surface area (Å²) < 4.78 is 5.43. The van der Waals surface area contributed by atoms with Crippen LogP contribution in [0.1, 0.15) is 40.0 Å². The third-order valence-electron chi connectivity index (χ3n) is 1.95. The van der Waals surface area contributed by atoms with Crippen molar-refractivity contribution in [3.8, 4) is 0 Å². The van der Waals surface area contributed by atoms with Crippen LogP contribution in [0.3, 0.4) is 0 Å². The Labute approximate surface area is 85.8 Å². The van der Waals surface area contributed by atoms with Crippen molar-refractivity contribution in [2.24, 2.45) is 0 Å².